The predicted octanol–water partition coefficient (Wildman–Crippen LogP) is 2.69. The van der Waals surface area contributed by atoms with Gasteiger partial charge < -0.3 is 10.0 Å². The monoisotopic (exact) mass is 276 g/mol. The minimum atomic E-state index is -0.587. The summed E-state index contributed by atoms with van der Waals surface area (Å²) >= 11 is 0. The number of carbonyl (C=O) groups excluding carboxylic acids is 1. The second kappa shape index (κ2) is 5.12. The topological polar surface area (TPSA) is 64.3 Å². The number of aromatic hydroxyl groups is 1. The third kappa shape index (κ3) is 2.46. The molecule has 0 radical (unpaired) electrons. The van der Waals surface area contributed by atoms with Gasteiger partial charge in [-0.15, -0.1) is 0 Å². The van der Waals surface area contributed by atoms with Gasteiger partial charge in [-0.2, -0.15) is 5.26 Å². The van der Waals surface area contributed by atoms with E-state index < -0.39 is 17.8 Å². The van der Waals surface area contributed by atoms with Crippen LogP contribution in [0.15, 0.2) is 18.2 Å². The Bertz CT molecular complexity index is 578. The molecular formula is C15H17FN2O2. The molecule has 5 heteroatoms. The molecule has 1 aromatic carbocycles. The van der Waals surface area contributed by atoms with Crippen molar-refractivity contribution in [3.05, 3.63) is 29.6 Å². The molecule has 1 aliphatic rings. The molecule has 0 aliphatic carbocycles. The number of amides is 1. The summed E-state index contributed by atoms with van der Waals surface area (Å²) in [4.78, 5) is 13.9. The third-order valence-corrected chi connectivity index (χ3v) is 3.84. The molecule has 1 saturated heterocycles. The Morgan fingerprint density at radius 3 is 2.90 bits per heavy atom. The number of hydrogen-bond acceptors (Lipinski definition) is 3. The Kier molecular flexibility index (Phi) is 3.67. The lowest BCUT2D eigenvalue weighted by Crippen LogP contribution is -2.51. The number of phenolic OH excluding ortho intramolecular Hbond substituents is 1. The molecule has 0 aromatic heterocycles. The minimum Gasteiger partial charge on any atom is -0.507 e. The lowest BCUT2D eigenvalue weighted by molar-refractivity contribution is 0.0435. The maximum absolute atomic E-state index is 13.3. The minimum absolute atomic E-state index is 0.0945. The van der Waals surface area contributed by atoms with Crippen LogP contribution in [-0.4, -0.2) is 28.5 Å². The van der Waals surface area contributed by atoms with E-state index in [1.165, 1.54) is 4.90 Å². The van der Waals surface area contributed by atoms with E-state index in [1.54, 1.807) is 0 Å². The van der Waals surface area contributed by atoms with Crippen molar-refractivity contribution >= 4 is 5.91 Å². The Morgan fingerprint density at radius 1 is 1.55 bits per heavy atom. The Morgan fingerprint density at radius 2 is 2.25 bits per heavy atom. The fraction of sp³-hybridized carbons (Fsp3) is 0.467. The molecule has 0 bridgehead atoms. The molecule has 1 N–H and O–H groups in total. The molecule has 1 unspecified atom stereocenters. The van der Waals surface area contributed by atoms with Crippen molar-refractivity contribution < 1.29 is 14.3 Å². The zero-order valence-electron chi connectivity index (χ0n) is 11.6. The van der Waals surface area contributed by atoms with E-state index in [1.807, 2.05) is 13.8 Å². The highest BCUT2D eigenvalue weighted by molar-refractivity contribution is 5.97. The van der Waals surface area contributed by atoms with Crippen LogP contribution in [0.1, 0.15) is 37.0 Å². The molecule has 1 atom stereocenters. The summed E-state index contributed by atoms with van der Waals surface area (Å²) in [6, 6.07) is 4.83. The zero-order valence-corrected chi connectivity index (χ0v) is 11.6. The lowest BCUT2D eigenvalue weighted by atomic mass is 9.77. The highest BCUT2D eigenvalue weighted by Crippen LogP contribution is 2.36. The van der Waals surface area contributed by atoms with Gasteiger partial charge in [-0.1, -0.05) is 13.8 Å². The molecular weight excluding hydrogens is 259 g/mol. The van der Waals surface area contributed by atoms with E-state index >= 15 is 0 Å². The van der Waals surface area contributed by atoms with Crippen molar-refractivity contribution in [3.8, 4) is 11.8 Å². The van der Waals surface area contributed by atoms with E-state index in [0.29, 0.717) is 6.54 Å². The van der Waals surface area contributed by atoms with Crippen LogP contribution in [0, 0.1) is 22.6 Å². The van der Waals surface area contributed by atoms with E-state index in [4.69, 9.17) is 0 Å². The summed E-state index contributed by atoms with van der Waals surface area (Å²) in [5, 5.41) is 19.1. The van der Waals surface area contributed by atoms with Crippen molar-refractivity contribution in [2.45, 2.75) is 32.7 Å². The third-order valence-electron chi connectivity index (χ3n) is 3.84. The van der Waals surface area contributed by atoms with Gasteiger partial charge >= 0.3 is 0 Å². The SMILES string of the molecule is CC1(C)CCCN(C(=O)c2cc(F)ccc2O)C1C#N. The van der Waals surface area contributed by atoms with E-state index in [0.717, 1.165) is 31.0 Å². The van der Waals surface area contributed by atoms with E-state index in [-0.39, 0.29) is 16.7 Å². The standard InChI is InChI=1S/C15H17FN2O2/c1-15(2)6-3-7-18(13(15)9-17)14(20)11-8-10(16)4-5-12(11)19/h4-5,8,13,19H,3,6-7H2,1-2H3. The van der Waals surface area contributed by atoms with Crippen LogP contribution in [0.4, 0.5) is 4.39 Å². The highest BCUT2D eigenvalue weighted by Gasteiger charge is 2.40. The molecule has 1 heterocycles. The number of phenols is 1. The summed E-state index contributed by atoms with van der Waals surface area (Å²) < 4.78 is 13.3. The summed E-state index contributed by atoms with van der Waals surface area (Å²) in [5.41, 5.74) is -0.408. The van der Waals surface area contributed by atoms with Gasteiger partial charge in [-0.05, 0) is 36.5 Å². The maximum Gasteiger partial charge on any atom is 0.258 e. The maximum atomic E-state index is 13.3. The molecule has 20 heavy (non-hydrogen) atoms. The number of piperidine rings is 1. The summed E-state index contributed by atoms with van der Waals surface area (Å²) in [5.74, 6) is -1.35. The number of hydrogen-bond donors (Lipinski definition) is 1. The molecule has 1 aliphatic heterocycles. The quantitative estimate of drug-likeness (QED) is 0.857. The van der Waals surface area contributed by atoms with Gasteiger partial charge in [0.05, 0.1) is 11.6 Å². The van der Waals surface area contributed by atoms with Gasteiger partial charge in [0.2, 0.25) is 0 Å². The molecule has 1 amide bonds. The first kappa shape index (κ1) is 14.3. The second-order valence-corrected chi connectivity index (χ2v) is 5.78. The van der Waals surface area contributed by atoms with Gasteiger partial charge in [0.15, 0.2) is 0 Å². The van der Waals surface area contributed by atoms with E-state index in [9.17, 15) is 19.6 Å². The van der Waals surface area contributed by atoms with Gasteiger partial charge in [-0.25, -0.2) is 4.39 Å². The first-order valence-electron chi connectivity index (χ1n) is 6.56. The van der Waals surface area contributed by atoms with Gasteiger partial charge in [0.1, 0.15) is 17.6 Å². The van der Waals surface area contributed by atoms with Crippen LogP contribution in [0.25, 0.3) is 0 Å². The van der Waals surface area contributed by atoms with Crippen molar-refractivity contribution in [1.29, 1.82) is 5.26 Å². The molecule has 0 spiro atoms. The summed E-state index contributed by atoms with van der Waals surface area (Å²) in [6.45, 7) is 4.31. The fourth-order valence-electron chi connectivity index (χ4n) is 2.69. The normalized spacial score (nSPS) is 21.3. The van der Waals surface area contributed by atoms with Crippen molar-refractivity contribution in [3.63, 3.8) is 0 Å². The number of halogens is 1. The average molecular weight is 276 g/mol. The first-order valence-corrected chi connectivity index (χ1v) is 6.56. The van der Waals surface area contributed by atoms with Gasteiger partial charge in [0.25, 0.3) is 5.91 Å². The van der Waals surface area contributed by atoms with Crippen LogP contribution < -0.4 is 0 Å². The Labute approximate surface area is 117 Å². The smallest absolute Gasteiger partial charge is 0.258 e. The fourth-order valence-corrected chi connectivity index (χ4v) is 2.69. The molecule has 2 rings (SSSR count). The first-order chi connectivity index (χ1) is 9.36. The summed E-state index contributed by atoms with van der Waals surface area (Å²) in [6.07, 6.45) is 1.64. The highest BCUT2D eigenvalue weighted by atomic mass is 19.1. The van der Waals surface area contributed by atoms with Crippen molar-refractivity contribution in [2.75, 3.05) is 6.54 Å². The molecule has 0 saturated carbocycles. The van der Waals surface area contributed by atoms with Crippen molar-refractivity contribution in [2.24, 2.45) is 5.41 Å². The van der Waals surface area contributed by atoms with Crippen LogP contribution >= 0.6 is 0 Å². The molecule has 106 valence electrons. The average Bonchev–Trinajstić information content (AvgIpc) is 2.39. The second-order valence-electron chi connectivity index (χ2n) is 5.78. The Balaban J connectivity index is 2.37. The van der Waals surface area contributed by atoms with Crippen molar-refractivity contribution in [1.82, 2.24) is 4.90 Å². The molecule has 1 aromatic rings. The Hall–Kier alpha value is -2.09. The van der Waals surface area contributed by atoms with Gasteiger partial charge in [-0.3, -0.25) is 4.79 Å². The summed E-state index contributed by atoms with van der Waals surface area (Å²) in [7, 11) is 0. The number of nitrogens with zero attached hydrogens (tertiary/aromatic N) is 2. The van der Waals surface area contributed by atoms with Crippen LogP contribution in [-0.2, 0) is 0 Å². The number of likely N-dealkylation sites (tertiary alicyclic amines) is 1. The molecule has 4 nitrogen and oxygen atoms in total. The number of benzene rings is 1. The van der Waals surface area contributed by atoms with Crippen LogP contribution in [0.5, 0.6) is 5.75 Å². The molecule has 1 fully saturated rings. The predicted molar refractivity (Wildman–Crippen MR) is 71.5 cm³/mol. The zero-order chi connectivity index (χ0) is 14.9. The van der Waals surface area contributed by atoms with Crippen LogP contribution in [0.2, 0.25) is 0 Å². The van der Waals surface area contributed by atoms with Gasteiger partial charge in [0, 0.05) is 6.54 Å². The van der Waals surface area contributed by atoms with E-state index in [2.05, 4.69) is 6.07 Å². The number of carbonyl (C=O) groups is 1. The lowest BCUT2D eigenvalue weighted by Gasteiger charge is -2.42. The van der Waals surface area contributed by atoms with Crippen LogP contribution in [0.3, 0.4) is 0 Å². The largest absolute Gasteiger partial charge is 0.507 e. The number of rotatable bonds is 1. The number of nitriles is 1.